The highest BCUT2D eigenvalue weighted by Crippen LogP contribution is 2.44. The molecule has 4 fully saturated rings. The first kappa shape index (κ1) is 64.4. The number of rotatable bonds is 24. The Morgan fingerprint density at radius 1 is 0.629 bits per heavy atom. The van der Waals surface area contributed by atoms with Crippen LogP contribution in [0.2, 0.25) is 36.3 Å². The lowest BCUT2D eigenvalue weighted by molar-refractivity contribution is -0.198. The van der Waals surface area contributed by atoms with Gasteiger partial charge in [0.1, 0.15) is 0 Å². The number of esters is 3. The lowest BCUT2D eigenvalue weighted by Gasteiger charge is -2.38. The lowest BCUT2D eigenvalue weighted by Crippen LogP contribution is -2.44. The molecule has 4 rings (SSSR count). The molecule has 70 heavy (non-hydrogen) atoms. The molecule has 2 saturated carbocycles. The highest BCUT2D eigenvalue weighted by molar-refractivity contribution is 6.74. The van der Waals surface area contributed by atoms with Crippen molar-refractivity contribution in [3.8, 4) is 0 Å². The summed E-state index contributed by atoms with van der Waals surface area (Å²) >= 11 is 0. The average Bonchev–Trinajstić information content (AvgIpc) is 3.75. The largest absolute Gasteiger partial charge is 0.469 e. The van der Waals surface area contributed by atoms with Crippen LogP contribution in [-0.4, -0.2) is 129 Å². The molecule has 14 nitrogen and oxygen atoms in total. The summed E-state index contributed by atoms with van der Waals surface area (Å²) in [6.45, 7) is 29.1. The van der Waals surface area contributed by atoms with Gasteiger partial charge in [0.25, 0.3) is 0 Å². The average molecular weight is 1030 g/mol. The molecule has 410 valence electrons. The summed E-state index contributed by atoms with van der Waals surface area (Å²) in [5.41, 5.74) is 0. The van der Waals surface area contributed by atoms with Gasteiger partial charge in [-0.3, -0.25) is 14.4 Å². The summed E-state index contributed by atoms with van der Waals surface area (Å²) in [5, 5.41) is 22.1. The Bertz CT molecular complexity index is 1480. The van der Waals surface area contributed by atoms with Crippen molar-refractivity contribution in [2.24, 2.45) is 23.7 Å². The smallest absolute Gasteiger partial charge is 0.305 e. The number of unbranched alkanes of at least 4 members (excludes halogenated alkanes) is 4. The van der Waals surface area contributed by atoms with Crippen LogP contribution in [-0.2, 0) is 56.4 Å². The predicted octanol–water partition coefficient (Wildman–Crippen LogP) is 11.2. The van der Waals surface area contributed by atoms with E-state index in [1.807, 2.05) is 0 Å². The van der Waals surface area contributed by atoms with Gasteiger partial charge in [-0.1, -0.05) is 73.0 Å². The van der Waals surface area contributed by atoms with Crippen molar-refractivity contribution in [1.29, 1.82) is 0 Å². The third-order valence-electron chi connectivity index (χ3n) is 15.6. The zero-order valence-corrected chi connectivity index (χ0v) is 48.5. The minimum atomic E-state index is -1.90. The van der Waals surface area contributed by atoms with E-state index in [9.17, 15) is 24.6 Å². The van der Waals surface area contributed by atoms with Gasteiger partial charge < -0.3 is 52.2 Å². The van der Waals surface area contributed by atoms with E-state index >= 15 is 0 Å². The summed E-state index contributed by atoms with van der Waals surface area (Å²) in [7, 11) is -0.925. The van der Waals surface area contributed by atoms with Crippen molar-refractivity contribution in [2.75, 3.05) is 47.3 Å². The molecule has 2 heterocycles. The third kappa shape index (κ3) is 23.6. The van der Waals surface area contributed by atoms with Crippen molar-refractivity contribution < 1.29 is 66.6 Å². The summed E-state index contributed by atoms with van der Waals surface area (Å²) in [5.74, 6) is 0.113. The van der Waals surface area contributed by atoms with Crippen LogP contribution >= 0.6 is 0 Å². The van der Waals surface area contributed by atoms with Crippen molar-refractivity contribution in [1.82, 2.24) is 0 Å². The molecule has 0 bridgehead atoms. The zero-order valence-electron chi connectivity index (χ0n) is 46.5. The minimum Gasteiger partial charge on any atom is -0.469 e. The standard InChI is InChI=1S/C25H48O6Si.C25H46O6Si.C4H8O2/c2*1-25(2,3)32(5,6)30-18-20-19(13-9-7-8-10-14-23(27)28-4)21(26)17-22(20)31-24-15-11-12-16-29-24;1-3-6-4(2)5/h19-22,24,26H,7-18H2,1-6H3;7,9,19-22,24,26H,8,10-18H2,1-6H3;3H2,1-2H3/b;9-7-;/t2*19-,20-,21+,22-,24?;/m11./s1. The molecule has 16 heteroatoms. The monoisotopic (exact) mass is 1030 g/mol. The molecular formula is C54H102O14Si2. The Morgan fingerprint density at radius 3 is 1.50 bits per heavy atom. The molecule has 0 amide bonds. The van der Waals surface area contributed by atoms with E-state index in [-0.39, 0.29) is 82.5 Å². The normalized spacial score (nSPS) is 27.5. The third-order valence-corrected chi connectivity index (χ3v) is 24.6. The van der Waals surface area contributed by atoms with Crippen molar-refractivity contribution in [3.63, 3.8) is 0 Å². The number of hydrogen-bond acceptors (Lipinski definition) is 14. The van der Waals surface area contributed by atoms with Crippen molar-refractivity contribution in [2.45, 2.75) is 244 Å². The quantitative estimate of drug-likeness (QED) is 0.0307. The molecule has 10 atom stereocenters. The van der Waals surface area contributed by atoms with Gasteiger partial charge in [0.2, 0.25) is 0 Å². The van der Waals surface area contributed by atoms with E-state index < -0.39 is 22.7 Å². The fraction of sp³-hybridized carbons (Fsp3) is 0.907. The number of aliphatic hydroxyl groups is 2. The maximum Gasteiger partial charge on any atom is 0.305 e. The Hall–Kier alpha value is -1.74. The second-order valence-electron chi connectivity index (χ2n) is 23.0. The van der Waals surface area contributed by atoms with Gasteiger partial charge in [-0.15, -0.1) is 0 Å². The first-order valence-electron chi connectivity index (χ1n) is 27.0. The van der Waals surface area contributed by atoms with E-state index in [1.54, 1.807) is 6.92 Å². The topological polar surface area (TPSA) is 175 Å². The van der Waals surface area contributed by atoms with Crippen LogP contribution in [0.4, 0.5) is 0 Å². The van der Waals surface area contributed by atoms with Crippen molar-refractivity contribution >= 4 is 34.5 Å². The highest BCUT2D eigenvalue weighted by atomic mass is 28.4. The van der Waals surface area contributed by atoms with Crippen LogP contribution < -0.4 is 0 Å². The maximum atomic E-state index is 11.3. The predicted molar refractivity (Wildman–Crippen MR) is 280 cm³/mol. The maximum absolute atomic E-state index is 11.3. The van der Waals surface area contributed by atoms with E-state index in [0.29, 0.717) is 45.5 Å². The lowest BCUT2D eigenvalue weighted by atomic mass is 9.89. The van der Waals surface area contributed by atoms with Gasteiger partial charge in [0, 0.05) is 70.9 Å². The van der Waals surface area contributed by atoms with Gasteiger partial charge in [-0.05, 0) is 126 Å². The highest BCUT2D eigenvalue weighted by Gasteiger charge is 2.48. The molecule has 0 spiro atoms. The van der Waals surface area contributed by atoms with Gasteiger partial charge in [0.05, 0.1) is 45.2 Å². The molecule has 2 N–H and O–H groups in total. The number of methoxy groups -OCH3 is 2. The molecule has 2 unspecified atom stereocenters. The number of carbonyl (C=O) groups is 3. The SMILES string of the molecule is CCOC(C)=O.COC(=O)CCC/C=C\C[C@@H]1[C@@H](CO[Si](C)(C)C(C)(C)C)[C@H](OC2CCCCO2)C[C@@H]1O.COC(=O)CCCCCC[C@@H]1[C@@H](CO[Si](C)(C)C(C)(C)C)[C@H](OC2CCCCO2)C[C@@H]1O. The van der Waals surface area contributed by atoms with E-state index in [1.165, 1.54) is 21.1 Å². The molecule has 2 aliphatic heterocycles. The summed E-state index contributed by atoms with van der Waals surface area (Å²) < 4.78 is 51.5. The minimum absolute atomic E-state index is 0.0119. The van der Waals surface area contributed by atoms with Gasteiger partial charge in [0.15, 0.2) is 29.2 Å². The van der Waals surface area contributed by atoms with Crippen molar-refractivity contribution in [3.05, 3.63) is 12.2 Å². The van der Waals surface area contributed by atoms with E-state index in [0.717, 1.165) is 103 Å². The van der Waals surface area contributed by atoms with E-state index in [4.69, 9.17) is 32.5 Å². The van der Waals surface area contributed by atoms with Crippen LogP contribution in [0.3, 0.4) is 0 Å². The molecule has 0 radical (unpaired) electrons. The number of allylic oxidation sites excluding steroid dienone is 2. The van der Waals surface area contributed by atoms with Crippen LogP contribution in [0.25, 0.3) is 0 Å². The number of ether oxygens (including phenoxy) is 7. The summed E-state index contributed by atoms with van der Waals surface area (Å²) in [6.07, 6.45) is 19.0. The molecule has 0 aromatic heterocycles. The molecule has 2 aliphatic carbocycles. The Morgan fingerprint density at radius 2 is 1.09 bits per heavy atom. The second-order valence-corrected chi connectivity index (χ2v) is 32.6. The van der Waals surface area contributed by atoms with Gasteiger partial charge in [-0.25, -0.2) is 0 Å². The molecular weight excluding hydrogens is 929 g/mol. The van der Waals surface area contributed by atoms with Gasteiger partial charge >= 0.3 is 17.9 Å². The molecule has 4 aliphatic rings. The van der Waals surface area contributed by atoms with Crippen LogP contribution in [0, 0.1) is 23.7 Å². The summed E-state index contributed by atoms with van der Waals surface area (Å²) in [4.78, 5) is 32.3. The van der Waals surface area contributed by atoms with Crippen LogP contribution in [0.1, 0.15) is 171 Å². The number of aliphatic hydroxyl groups excluding tert-OH is 2. The summed E-state index contributed by atoms with van der Waals surface area (Å²) in [6, 6.07) is 0. The fourth-order valence-corrected chi connectivity index (χ4v) is 11.1. The Kier molecular flexibility index (Phi) is 29.9. The van der Waals surface area contributed by atoms with E-state index in [2.05, 4.69) is 89.4 Å². The fourth-order valence-electron chi connectivity index (χ4n) is 9.03. The molecule has 0 aromatic rings. The number of hydrogen-bond donors (Lipinski definition) is 2. The molecule has 2 saturated heterocycles. The van der Waals surface area contributed by atoms with Crippen LogP contribution in [0.15, 0.2) is 12.2 Å². The van der Waals surface area contributed by atoms with Crippen LogP contribution in [0.5, 0.6) is 0 Å². The first-order chi connectivity index (χ1) is 32.9. The number of carbonyl (C=O) groups excluding carboxylic acids is 3. The zero-order chi connectivity index (χ0) is 52.5. The Balaban J connectivity index is 0.000000430. The first-order valence-corrected chi connectivity index (χ1v) is 32.8. The second kappa shape index (κ2) is 32.5. The van der Waals surface area contributed by atoms with Gasteiger partial charge in [-0.2, -0.15) is 0 Å². The Labute approximate surface area is 426 Å². The molecule has 0 aromatic carbocycles.